The molecule has 1 saturated carbocycles. The van der Waals surface area contributed by atoms with Crippen molar-refractivity contribution in [3.05, 3.63) is 18.1 Å². The lowest BCUT2D eigenvalue weighted by atomic mass is 9.99. The van der Waals surface area contributed by atoms with Gasteiger partial charge >= 0.3 is 0 Å². The number of anilines is 1. The summed E-state index contributed by atoms with van der Waals surface area (Å²) in [7, 11) is 1.68. The molecule has 1 amide bonds. The van der Waals surface area contributed by atoms with E-state index in [-0.39, 0.29) is 11.8 Å². The molecule has 1 aliphatic heterocycles. The Kier molecular flexibility index (Phi) is 2.46. The van der Waals surface area contributed by atoms with Crippen LogP contribution in [0.5, 0.6) is 0 Å². The van der Waals surface area contributed by atoms with Gasteiger partial charge in [0.05, 0.1) is 5.92 Å². The van der Waals surface area contributed by atoms with Crippen LogP contribution in [0.1, 0.15) is 24.6 Å². The fourth-order valence-corrected chi connectivity index (χ4v) is 2.11. The van der Waals surface area contributed by atoms with Crippen LogP contribution >= 0.6 is 0 Å². The summed E-state index contributed by atoms with van der Waals surface area (Å²) in [5, 5.41) is 2.68. The SMILES string of the molecule is CNC(=O)C1CN(c2ccnc(C3CC3)n2)C1. The second kappa shape index (κ2) is 3.98. The molecule has 2 aliphatic rings. The first-order valence-corrected chi connectivity index (χ1v) is 6.07. The first kappa shape index (κ1) is 10.5. The third-order valence-electron chi connectivity index (χ3n) is 3.42. The maximum Gasteiger partial charge on any atom is 0.226 e. The molecule has 0 spiro atoms. The van der Waals surface area contributed by atoms with E-state index in [0.29, 0.717) is 5.92 Å². The molecule has 0 radical (unpaired) electrons. The van der Waals surface area contributed by atoms with Gasteiger partial charge in [0, 0.05) is 32.3 Å². The predicted octanol–water partition coefficient (Wildman–Crippen LogP) is 0.536. The largest absolute Gasteiger partial charge is 0.359 e. The van der Waals surface area contributed by atoms with Gasteiger partial charge in [0.15, 0.2) is 0 Å². The van der Waals surface area contributed by atoms with Crippen LogP contribution in [0.25, 0.3) is 0 Å². The van der Waals surface area contributed by atoms with Gasteiger partial charge in [0.2, 0.25) is 5.91 Å². The minimum absolute atomic E-state index is 0.111. The fourth-order valence-electron chi connectivity index (χ4n) is 2.11. The molecule has 1 N–H and O–H groups in total. The minimum Gasteiger partial charge on any atom is -0.359 e. The van der Waals surface area contributed by atoms with E-state index in [0.717, 1.165) is 24.7 Å². The van der Waals surface area contributed by atoms with Crippen molar-refractivity contribution in [3.8, 4) is 0 Å². The molecule has 2 heterocycles. The molecular weight excluding hydrogens is 216 g/mol. The Balaban J connectivity index is 1.66. The summed E-state index contributed by atoms with van der Waals surface area (Å²) < 4.78 is 0. The zero-order chi connectivity index (χ0) is 11.8. The lowest BCUT2D eigenvalue weighted by Crippen LogP contribution is -2.53. The number of rotatable bonds is 3. The third kappa shape index (κ3) is 1.97. The van der Waals surface area contributed by atoms with Crippen molar-refractivity contribution in [3.63, 3.8) is 0 Å². The van der Waals surface area contributed by atoms with E-state index < -0.39 is 0 Å². The van der Waals surface area contributed by atoms with Gasteiger partial charge in [-0.05, 0) is 18.9 Å². The summed E-state index contributed by atoms with van der Waals surface area (Å²) in [5.41, 5.74) is 0. The summed E-state index contributed by atoms with van der Waals surface area (Å²) in [6.07, 6.45) is 4.25. The molecule has 90 valence electrons. The molecule has 1 aromatic rings. The van der Waals surface area contributed by atoms with E-state index in [1.165, 1.54) is 12.8 Å². The van der Waals surface area contributed by atoms with Gasteiger partial charge in [0.25, 0.3) is 0 Å². The monoisotopic (exact) mass is 232 g/mol. The smallest absolute Gasteiger partial charge is 0.226 e. The van der Waals surface area contributed by atoms with Crippen molar-refractivity contribution < 1.29 is 4.79 Å². The maximum absolute atomic E-state index is 11.4. The molecule has 17 heavy (non-hydrogen) atoms. The molecule has 0 bridgehead atoms. The van der Waals surface area contributed by atoms with Crippen molar-refractivity contribution in [1.82, 2.24) is 15.3 Å². The number of hydrogen-bond acceptors (Lipinski definition) is 4. The predicted molar refractivity (Wildman–Crippen MR) is 63.8 cm³/mol. The van der Waals surface area contributed by atoms with Crippen LogP contribution in [0.15, 0.2) is 12.3 Å². The minimum atomic E-state index is 0.111. The highest BCUT2D eigenvalue weighted by atomic mass is 16.1. The highest BCUT2D eigenvalue weighted by molar-refractivity contribution is 5.81. The van der Waals surface area contributed by atoms with Gasteiger partial charge in [-0.3, -0.25) is 4.79 Å². The highest BCUT2D eigenvalue weighted by Gasteiger charge is 2.34. The Labute approximate surface area is 100 Å². The summed E-state index contributed by atoms with van der Waals surface area (Å²) in [6, 6.07) is 1.92. The van der Waals surface area contributed by atoms with Crippen molar-refractivity contribution in [2.75, 3.05) is 25.0 Å². The van der Waals surface area contributed by atoms with Crippen LogP contribution in [0.3, 0.4) is 0 Å². The molecule has 1 aliphatic carbocycles. The quantitative estimate of drug-likeness (QED) is 0.826. The summed E-state index contributed by atoms with van der Waals surface area (Å²) in [6.45, 7) is 1.53. The van der Waals surface area contributed by atoms with Crippen molar-refractivity contribution in [1.29, 1.82) is 0 Å². The molecule has 0 atom stereocenters. The van der Waals surface area contributed by atoms with Gasteiger partial charge in [-0.2, -0.15) is 0 Å². The van der Waals surface area contributed by atoms with E-state index in [1.807, 2.05) is 12.3 Å². The Bertz CT molecular complexity index is 438. The van der Waals surface area contributed by atoms with Crippen LogP contribution in [0.4, 0.5) is 5.82 Å². The zero-order valence-electron chi connectivity index (χ0n) is 9.89. The van der Waals surface area contributed by atoms with E-state index >= 15 is 0 Å². The number of carbonyl (C=O) groups excluding carboxylic acids is 1. The standard InChI is InChI=1S/C12H16N4O/c1-13-12(17)9-6-16(7-9)10-4-5-14-11(15-10)8-2-3-8/h4-5,8-9H,2-3,6-7H2,1H3,(H,13,17). The lowest BCUT2D eigenvalue weighted by Gasteiger charge is -2.38. The number of nitrogens with zero attached hydrogens (tertiary/aromatic N) is 3. The first-order valence-electron chi connectivity index (χ1n) is 6.07. The summed E-state index contributed by atoms with van der Waals surface area (Å²) >= 11 is 0. The molecule has 1 aromatic heterocycles. The van der Waals surface area contributed by atoms with E-state index in [2.05, 4.69) is 20.2 Å². The summed E-state index contributed by atoms with van der Waals surface area (Å²) in [4.78, 5) is 22.4. The Morgan fingerprint density at radius 3 is 2.88 bits per heavy atom. The third-order valence-corrected chi connectivity index (χ3v) is 3.42. The molecule has 5 heteroatoms. The first-order chi connectivity index (χ1) is 8.28. The maximum atomic E-state index is 11.4. The van der Waals surface area contributed by atoms with Crippen molar-refractivity contribution in [2.24, 2.45) is 5.92 Å². The van der Waals surface area contributed by atoms with E-state index in [4.69, 9.17) is 0 Å². The number of amides is 1. The average molecular weight is 232 g/mol. The topological polar surface area (TPSA) is 58.1 Å². The highest BCUT2D eigenvalue weighted by Crippen LogP contribution is 2.38. The van der Waals surface area contributed by atoms with Crippen LogP contribution < -0.4 is 10.2 Å². The number of carbonyl (C=O) groups is 1. The molecule has 0 unspecified atom stereocenters. The average Bonchev–Trinajstić information content (AvgIpc) is 3.11. The van der Waals surface area contributed by atoms with Crippen molar-refractivity contribution in [2.45, 2.75) is 18.8 Å². The van der Waals surface area contributed by atoms with Gasteiger partial charge in [-0.15, -0.1) is 0 Å². The van der Waals surface area contributed by atoms with Gasteiger partial charge in [0.1, 0.15) is 11.6 Å². The fraction of sp³-hybridized carbons (Fsp3) is 0.583. The van der Waals surface area contributed by atoms with Gasteiger partial charge < -0.3 is 10.2 Å². The Hall–Kier alpha value is -1.65. The van der Waals surface area contributed by atoms with E-state index in [9.17, 15) is 4.79 Å². The molecule has 2 fully saturated rings. The molecule has 1 saturated heterocycles. The zero-order valence-corrected chi connectivity index (χ0v) is 9.89. The molecule has 5 nitrogen and oxygen atoms in total. The Morgan fingerprint density at radius 2 is 2.24 bits per heavy atom. The van der Waals surface area contributed by atoms with Crippen molar-refractivity contribution >= 4 is 11.7 Å². The van der Waals surface area contributed by atoms with Crippen LogP contribution in [-0.2, 0) is 4.79 Å². The summed E-state index contributed by atoms with van der Waals surface area (Å²) in [5.74, 6) is 2.73. The lowest BCUT2D eigenvalue weighted by molar-refractivity contribution is -0.125. The van der Waals surface area contributed by atoms with E-state index in [1.54, 1.807) is 7.05 Å². The number of nitrogens with one attached hydrogen (secondary N) is 1. The molecule has 3 rings (SSSR count). The second-order valence-corrected chi connectivity index (χ2v) is 4.76. The van der Waals surface area contributed by atoms with Crippen LogP contribution in [-0.4, -0.2) is 36.0 Å². The molecular formula is C12H16N4O. The second-order valence-electron chi connectivity index (χ2n) is 4.76. The van der Waals surface area contributed by atoms with Gasteiger partial charge in [-0.25, -0.2) is 9.97 Å². The van der Waals surface area contributed by atoms with Crippen LogP contribution in [0, 0.1) is 5.92 Å². The Morgan fingerprint density at radius 1 is 1.47 bits per heavy atom. The number of hydrogen-bond donors (Lipinski definition) is 1. The molecule has 0 aromatic carbocycles. The normalized spacial score (nSPS) is 19.9. The number of aromatic nitrogens is 2. The van der Waals surface area contributed by atoms with Crippen LogP contribution in [0.2, 0.25) is 0 Å². The van der Waals surface area contributed by atoms with Gasteiger partial charge in [-0.1, -0.05) is 0 Å².